The molecule has 29 heavy (non-hydrogen) atoms. The number of benzene rings is 2. The Morgan fingerprint density at radius 2 is 1.79 bits per heavy atom. The normalized spacial score (nSPS) is 14.3. The van der Waals surface area contributed by atoms with E-state index in [2.05, 4.69) is 0 Å². The molecular weight excluding hydrogens is 373 g/mol. The Kier molecular flexibility index (Phi) is 6.35. The van der Waals surface area contributed by atoms with Crippen molar-refractivity contribution in [1.29, 1.82) is 5.26 Å². The minimum absolute atomic E-state index is 0.0101. The third-order valence-electron chi connectivity index (χ3n) is 4.84. The Morgan fingerprint density at radius 3 is 2.41 bits per heavy atom. The molecule has 0 spiro atoms. The molecule has 0 saturated carbocycles. The number of anilines is 1. The fourth-order valence-electron chi connectivity index (χ4n) is 3.35. The summed E-state index contributed by atoms with van der Waals surface area (Å²) in [5.74, 6) is 0.338. The number of hydrogen-bond acceptors (Lipinski definition) is 5. The number of halogens is 1. The average Bonchev–Trinajstić information content (AvgIpc) is 2.77. The van der Waals surface area contributed by atoms with Crippen LogP contribution in [0.2, 0.25) is 0 Å². The topological polar surface area (TPSA) is 65.8 Å². The number of nitrogens with zero attached hydrogens (tertiary/aromatic N) is 3. The van der Waals surface area contributed by atoms with Crippen LogP contribution in [0.4, 0.5) is 10.1 Å². The van der Waals surface area contributed by atoms with Crippen LogP contribution in [-0.2, 0) is 4.79 Å². The number of carbonyl (C=O) groups is 1. The Bertz CT molecular complexity index is 960. The monoisotopic (exact) mass is 395 g/mol. The lowest BCUT2D eigenvalue weighted by Gasteiger charge is -2.36. The highest BCUT2D eigenvalue weighted by Gasteiger charge is 2.25. The van der Waals surface area contributed by atoms with Crippen molar-refractivity contribution in [2.75, 3.05) is 45.3 Å². The Hall–Kier alpha value is -3.53. The Morgan fingerprint density at radius 1 is 1.07 bits per heavy atom. The van der Waals surface area contributed by atoms with Crippen molar-refractivity contribution in [3.8, 4) is 17.6 Å². The molecule has 0 aromatic heterocycles. The van der Waals surface area contributed by atoms with E-state index in [1.54, 1.807) is 41.3 Å². The van der Waals surface area contributed by atoms with E-state index in [0.29, 0.717) is 48.9 Å². The molecule has 0 radical (unpaired) electrons. The van der Waals surface area contributed by atoms with Crippen molar-refractivity contribution in [1.82, 2.24) is 4.90 Å². The van der Waals surface area contributed by atoms with E-state index in [1.165, 1.54) is 26.4 Å². The highest BCUT2D eigenvalue weighted by Crippen LogP contribution is 2.32. The molecule has 0 bridgehead atoms. The zero-order valence-corrected chi connectivity index (χ0v) is 16.4. The number of piperazine rings is 1. The van der Waals surface area contributed by atoms with Crippen LogP contribution in [0.3, 0.4) is 0 Å². The molecule has 2 aromatic carbocycles. The van der Waals surface area contributed by atoms with Gasteiger partial charge in [-0.25, -0.2) is 4.39 Å². The van der Waals surface area contributed by atoms with Crippen LogP contribution < -0.4 is 14.4 Å². The summed E-state index contributed by atoms with van der Waals surface area (Å²) in [4.78, 5) is 16.4. The molecule has 0 aliphatic carbocycles. The van der Waals surface area contributed by atoms with Gasteiger partial charge in [-0.2, -0.15) is 5.26 Å². The number of methoxy groups -OCH3 is 2. The van der Waals surface area contributed by atoms with Gasteiger partial charge >= 0.3 is 0 Å². The number of hydrogen-bond donors (Lipinski definition) is 0. The van der Waals surface area contributed by atoms with E-state index in [0.717, 1.165) is 0 Å². The minimum Gasteiger partial charge on any atom is -0.493 e. The highest BCUT2D eigenvalue weighted by molar-refractivity contribution is 6.02. The standard InChI is InChI=1S/C22H22FN3O3/c1-28-20-9-5-6-16(21(20)29-2)14-17(15-24)22(27)26-12-10-25(11-13-26)19-8-4-3-7-18(19)23/h3-9,14H,10-13H2,1-2H3/b17-14+. The van der Waals surface area contributed by atoms with Gasteiger partial charge in [0, 0.05) is 31.7 Å². The Balaban J connectivity index is 1.76. The van der Waals surface area contributed by atoms with Crippen LogP contribution in [0, 0.1) is 17.1 Å². The molecule has 150 valence electrons. The Labute approximate surface area is 169 Å². The molecule has 0 N–H and O–H groups in total. The third-order valence-corrected chi connectivity index (χ3v) is 4.84. The van der Waals surface area contributed by atoms with E-state index in [1.807, 2.05) is 11.0 Å². The van der Waals surface area contributed by atoms with Crippen LogP contribution >= 0.6 is 0 Å². The molecule has 1 heterocycles. The van der Waals surface area contributed by atoms with Gasteiger partial charge < -0.3 is 19.3 Å². The van der Waals surface area contributed by atoms with Crippen molar-refractivity contribution in [2.45, 2.75) is 0 Å². The molecule has 0 atom stereocenters. The van der Waals surface area contributed by atoms with Gasteiger partial charge in [-0.05, 0) is 24.3 Å². The molecule has 1 amide bonds. The van der Waals surface area contributed by atoms with Crippen molar-refractivity contribution in [3.05, 3.63) is 59.4 Å². The summed E-state index contributed by atoms with van der Waals surface area (Å²) in [5, 5.41) is 9.55. The molecule has 7 heteroatoms. The maximum Gasteiger partial charge on any atom is 0.264 e. The summed E-state index contributed by atoms with van der Waals surface area (Å²) >= 11 is 0. The maximum atomic E-state index is 14.0. The quantitative estimate of drug-likeness (QED) is 0.575. The smallest absolute Gasteiger partial charge is 0.264 e. The maximum absolute atomic E-state index is 14.0. The van der Waals surface area contributed by atoms with Gasteiger partial charge in [-0.1, -0.05) is 24.3 Å². The second kappa shape index (κ2) is 9.11. The lowest BCUT2D eigenvalue weighted by molar-refractivity contribution is -0.126. The van der Waals surface area contributed by atoms with Crippen LogP contribution in [0.25, 0.3) is 6.08 Å². The van der Waals surface area contributed by atoms with Gasteiger partial charge in [-0.15, -0.1) is 0 Å². The number of nitriles is 1. The summed E-state index contributed by atoms with van der Waals surface area (Å²) in [7, 11) is 3.03. The number of rotatable bonds is 5. The molecule has 1 fully saturated rings. The lowest BCUT2D eigenvalue weighted by Crippen LogP contribution is -2.49. The average molecular weight is 395 g/mol. The van der Waals surface area contributed by atoms with Gasteiger partial charge in [0.05, 0.1) is 19.9 Å². The molecule has 2 aromatic rings. The predicted octanol–water partition coefficient (Wildman–Crippen LogP) is 3.10. The molecule has 1 saturated heterocycles. The van der Waals surface area contributed by atoms with E-state index in [9.17, 15) is 14.4 Å². The highest BCUT2D eigenvalue weighted by atomic mass is 19.1. The summed E-state index contributed by atoms with van der Waals surface area (Å²) < 4.78 is 24.6. The largest absolute Gasteiger partial charge is 0.493 e. The van der Waals surface area contributed by atoms with Crippen LogP contribution in [0.5, 0.6) is 11.5 Å². The first-order valence-electron chi connectivity index (χ1n) is 9.20. The number of ether oxygens (including phenoxy) is 2. The zero-order chi connectivity index (χ0) is 20.8. The molecular formula is C22H22FN3O3. The number of amides is 1. The first kappa shape index (κ1) is 20.2. The fraction of sp³-hybridized carbons (Fsp3) is 0.273. The van der Waals surface area contributed by atoms with E-state index in [4.69, 9.17) is 9.47 Å². The van der Waals surface area contributed by atoms with Crippen molar-refractivity contribution < 1.29 is 18.7 Å². The first-order chi connectivity index (χ1) is 14.1. The SMILES string of the molecule is COc1cccc(/C=C(\C#N)C(=O)N2CCN(c3ccccc3F)CC2)c1OC. The number of para-hydroxylation sites is 2. The van der Waals surface area contributed by atoms with Crippen LogP contribution in [-0.4, -0.2) is 51.2 Å². The van der Waals surface area contributed by atoms with Crippen LogP contribution in [0.15, 0.2) is 48.0 Å². The zero-order valence-electron chi connectivity index (χ0n) is 16.4. The molecule has 1 aliphatic heterocycles. The molecule has 1 aliphatic rings. The first-order valence-corrected chi connectivity index (χ1v) is 9.20. The summed E-state index contributed by atoms with van der Waals surface area (Å²) in [5.41, 5.74) is 1.12. The van der Waals surface area contributed by atoms with Gasteiger partial charge in [0.25, 0.3) is 5.91 Å². The van der Waals surface area contributed by atoms with Crippen molar-refractivity contribution >= 4 is 17.7 Å². The molecule has 3 rings (SSSR count). The second-order valence-corrected chi connectivity index (χ2v) is 6.48. The van der Waals surface area contributed by atoms with Crippen LogP contribution in [0.1, 0.15) is 5.56 Å². The summed E-state index contributed by atoms with van der Waals surface area (Å²) in [6.07, 6.45) is 1.51. The van der Waals surface area contributed by atoms with Gasteiger partial charge in [0.2, 0.25) is 0 Å². The van der Waals surface area contributed by atoms with Crippen molar-refractivity contribution in [2.24, 2.45) is 0 Å². The second-order valence-electron chi connectivity index (χ2n) is 6.48. The summed E-state index contributed by atoms with van der Waals surface area (Å²) in [6.45, 7) is 1.80. The minimum atomic E-state index is -0.356. The number of carbonyl (C=O) groups excluding carboxylic acids is 1. The predicted molar refractivity (Wildman–Crippen MR) is 108 cm³/mol. The van der Waals surface area contributed by atoms with Gasteiger partial charge in [0.1, 0.15) is 17.5 Å². The van der Waals surface area contributed by atoms with E-state index < -0.39 is 0 Å². The van der Waals surface area contributed by atoms with E-state index >= 15 is 0 Å². The third kappa shape index (κ3) is 4.32. The van der Waals surface area contributed by atoms with Gasteiger partial charge in [-0.3, -0.25) is 4.79 Å². The van der Waals surface area contributed by atoms with E-state index in [-0.39, 0.29) is 17.3 Å². The fourth-order valence-corrected chi connectivity index (χ4v) is 3.35. The molecule has 6 nitrogen and oxygen atoms in total. The summed E-state index contributed by atoms with van der Waals surface area (Å²) in [6, 6.07) is 13.8. The van der Waals surface area contributed by atoms with Gasteiger partial charge in [0.15, 0.2) is 11.5 Å². The lowest BCUT2D eigenvalue weighted by atomic mass is 10.1. The molecule has 0 unspecified atom stereocenters. The van der Waals surface area contributed by atoms with Crippen molar-refractivity contribution in [3.63, 3.8) is 0 Å².